The number of para-hydroxylation sites is 1. The Morgan fingerprint density at radius 1 is 1.25 bits per heavy atom. The quantitative estimate of drug-likeness (QED) is 0.666. The lowest BCUT2D eigenvalue weighted by Gasteiger charge is -2.30. The minimum Gasteiger partial charge on any atom is -0.349 e. The highest BCUT2D eigenvalue weighted by atomic mass is 32.2. The lowest BCUT2D eigenvalue weighted by Crippen LogP contribution is -2.45. The van der Waals surface area contributed by atoms with Crippen LogP contribution in [0.25, 0.3) is 10.2 Å². The van der Waals surface area contributed by atoms with E-state index in [1.165, 1.54) is 15.6 Å². The first-order valence-corrected chi connectivity index (χ1v) is 12.2. The Hall–Kier alpha value is -1.81. The number of nitrogens with one attached hydrogen (secondary N) is 1. The zero-order valence-corrected chi connectivity index (χ0v) is 17.9. The molecular formula is C19H21N3O3S3. The Kier molecular flexibility index (Phi) is 5.50. The third-order valence-electron chi connectivity index (χ3n) is 4.82. The smallest absolute Gasteiger partial charge is 0.252 e. The fourth-order valence-electron chi connectivity index (χ4n) is 3.36. The molecule has 6 nitrogen and oxygen atoms in total. The van der Waals surface area contributed by atoms with Gasteiger partial charge in [0.2, 0.25) is 5.91 Å². The third-order valence-corrected chi connectivity index (χ3v) is 9.19. The average Bonchev–Trinajstić information content (AvgIpc) is 3.32. The lowest BCUT2D eigenvalue weighted by molar-refractivity contribution is -0.126. The number of hydrogen-bond donors (Lipinski definition) is 1. The van der Waals surface area contributed by atoms with Gasteiger partial charge in [0.25, 0.3) is 10.0 Å². The largest absolute Gasteiger partial charge is 0.349 e. The van der Waals surface area contributed by atoms with Crippen molar-refractivity contribution in [2.75, 3.05) is 13.1 Å². The molecule has 148 valence electrons. The molecule has 1 saturated heterocycles. The van der Waals surface area contributed by atoms with E-state index < -0.39 is 10.0 Å². The summed E-state index contributed by atoms with van der Waals surface area (Å²) in [4.78, 5) is 18.1. The predicted octanol–water partition coefficient (Wildman–Crippen LogP) is 3.38. The topological polar surface area (TPSA) is 79.4 Å². The van der Waals surface area contributed by atoms with Crippen molar-refractivity contribution in [3.63, 3.8) is 0 Å². The maximum atomic E-state index is 12.8. The summed E-state index contributed by atoms with van der Waals surface area (Å²) in [6, 6.07) is 11.3. The van der Waals surface area contributed by atoms with Gasteiger partial charge in [-0.15, -0.1) is 22.7 Å². The van der Waals surface area contributed by atoms with Crippen LogP contribution >= 0.6 is 22.7 Å². The van der Waals surface area contributed by atoms with Crippen molar-refractivity contribution in [2.45, 2.75) is 30.5 Å². The summed E-state index contributed by atoms with van der Waals surface area (Å²) in [5, 5.41) is 3.79. The van der Waals surface area contributed by atoms with Crippen molar-refractivity contribution in [1.82, 2.24) is 14.6 Å². The minimum atomic E-state index is -3.53. The fourth-order valence-corrected chi connectivity index (χ4v) is 7.22. The molecule has 0 unspecified atom stereocenters. The molecule has 2 aromatic heterocycles. The third kappa shape index (κ3) is 3.98. The summed E-state index contributed by atoms with van der Waals surface area (Å²) in [7, 11) is -3.53. The van der Waals surface area contributed by atoms with Gasteiger partial charge in [0, 0.05) is 18.0 Å². The second-order valence-electron chi connectivity index (χ2n) is 6.86. The average molecular weight is 436 g/mol. The summed E-state index contributed by atoms with van der Waals surface area (Å²) in [5.41, 5.74) is 0.929. The monoisotopic (exact) mass is 435 g/mol. The molecule has 4 rings (SSSR count). The number of thiazole rings is 1. The number of thiophene rings is 1. The van der Waals surface area contributed by atoms with E-state index in [2.05, 4.69) is 10.3 Å². The van der Waals surface area contributed by atoms with Gasteiger partial charge in [-0.1, -0.05) is 12.1 Å². The molecule has 0 saturated carbocycles. The van der Waals surface area contributed by atoms with Crippen molar-refractivity contribution in [1.29, 1.82) is 0 Å². The molecule has 1 N–H and O–H groups in total. The molecule has 3 aromatic rings. The predicted molar refractivity (Wildman–Crippen MR) is 112 cm³/mol. The van der Waals surface area contributed by atoms with E-state index in [0.29, 0.717) is 30.1 Å². The number of rotatable bonds is 5. The van der Waals surface area contributed by atoms with Gasteiger partial charge in [-0.2, -0.15) is 4.31 Å². The van der Waals surface area contributed by atoms with E-state index in [4.69, 9.17) is 0 Å². The van der Waals surface area contributed by atoms with Crippen molar-refractivity contribution < 1.29 is 13.2 Å². The summed E-state index contributed by atoms with van der Waals surface area (Å²) in [6.45, 7) is 2.94. The first-order valence-electron chi connectivity index (χ1n) is 9.12. The van der Waals surface area contributed by atoms with Crippen LogP contribution in [-0.2, 0) is 21.4 Å². The van der Waals surface area contributed by atoms with Crippen LogP contribution in [0.4, 0.5) is 0 Å². The Bertz CT molecular complexity index is 1070. The fraction of sp³-hybridized carbons (Fsp3) is 0.368. The van der Waals surface area contributed by atoms with Crippen molar-refractivity contribution in [3.8, 4) is 0 Å². The maximum Gasteiger partial charge on any atom is 0.252 e. The molecule has 1 amide bonds. The van der Waals surface area contributed by atoms with Crippen LogP contribution in [0.1, 0.15) is 22.7 Å². The van der Waals surface area contributed by atoms with Gasteiger partial charge in [-0.05, 0) is 44.0 Å². The number of amides is 1. The molecular weight excluding hydrogens is 414 g/mol. The second kappa shape index (κ2) is 7.90. The number of benzene rings is 1. The molecule has 1 aromatic carbocycles. The number of fused-ring (bicyclic) bond motifs is 1. The molecule has 9 heteroatoms. The molecule has 28 heavy (non-hydrogen) atoms. The van der Waals surface area contributed by atoms with Crippen LogP contribution in [-0.4, -0.2) is 36.7 Å². The zero-order chi connectivity index (χ0) is 19.7. The zero-order valence-electron chi connectivity index (χ0n) is 15.4. The molecule has 1 aliphatic rings. The number of carbonyl (C=O) groups is 1. The summed E-state index contributed by atoms with van der Waals surface area (Å²) >= 11 is 2.83. The number of sulfonamides is 1. The van der Waals surface area contributed by atoms with Gasteiger partial charge in [0.05, 0.1) is 22.7 Å². The molecule has 1 atom stereocenters. The highest BCUT2D eigenvalue weighted by molar-refractivity contribution is 7.91. The minimum absolute atomic E-state index is 0.110. The van der Waals surface area contributed by atoms with Crippen LogP contribution in [0.3, 0.4) is 0 Å². The SMILES string of the molecule is Cc1ccc(S(=O)(=O)N2CCC[C@@H](C(=O)NCc3nc4ccccc4s3)C2)s1. The van der Waals surface area contributed by atoms with E-state index >= 15 is 0 Å². The number of hydrogen-bond acceptors (Lipinski definition) is 6. The maximum absolute atomic E-state index is 12.8. The van der Waals surface area contributed by atoms with Crippen LogP contribution in [0.5, 0.6) is 0 Å². The van der Waals surface area contributed by atoms with Crippen molar-refractivity contribution in [3.05, 3.63) is 46.3 Å². The second-order valence-corrected chi connectivity index (χ2v) is 11.4. The lowest BCUT2D eigenvalue weighted by atomic mass is 9.99. The summed E-state index contributed by atoms with van der Waals surface area (Å²) < 4.78 is 28.6. The number of aryl methyl sites for hydroxylation is 1. The molecule has 0 radical (unpaired) electrons. The van der Waals surface area contributed by atoms with E-state index in [9.17, 15) is 13.2 Å². The van der Waals surface area contributed by atoms with E-state index in [0.717, 1.165) is 20.1 Å². The van der Waals surface area contributed by atoms with Crippen LogP contribution < -0.4 is 5.32 Å². The Morgan fingerprint density at radius 2 is 2.07 bits per heavy atom. The van der Waals surface area contributed by atoms with Gasteiger partial charge < -0.3 is 5.32 Å². The van der Waals surface area contributed by atoms with Gasteiger partial charge in [0.1, 0.15) is 9.22 Å². The van der Waals surface area contributed by atoms with Crippen LogP contribution in [0, 0.1) is 12.8 Å². The van der Waals surface area contributed by atoms with E-state index in [1.54, 1.807) is 17.4 Å². The normalized spacial score (nSPS) is 18.4. The Labute approximate surface area is 172 Å². The standard InChI is InChI=1S/C19H21N3O3S3/c1-13-8-9-18(26-13)28(24,25)22-10-4-5-14(12-22)19(23)20-11-17-21-15-6-2-3-7-16(15)27-17/h2-3,6-9,14H,4-5,10-12H2,1H3,(H,20,23)/t14-/m1/s1. The van der Waals surface area contributed by atoms with Gasteiger partial charge in [-0.3, -0.25) is 4.79 Å². The molecule has 1 aliphatic heterocycles. The van der Waals surface area contributed by atoms with Crippen LogP contribution in [0.15, 0.2) is 40.6 Å². The number of carbonyl (C=O) groups excluding carboxylic acids is 1. The van der Waals surface area contributed by atoms with E-state index in [1.807, 2.05) is 37.3 Å². The number of nitrogens with zero attached hydrogens (tertiary/aromatic N) is 2. The van der Waals surface area contributed by atoms with Crippen molar-refractivity contribution >= 4 is 48.8 Å². The highest BCUT2D eigenvalue weighted by Gasteiger charge is 2.34. The molecule has 1 fully saturated rings. The molecule has 0 bridgehead atoms. The number of piperidine rings is 1. The van der Waals surface area contributed by atoms with Crippen molar-refractivity contribution in [2.24, 2.45) is 5.92 Å². The van der Waals surface area contributed by atoms with E-state index in [-0.39, 0.29) is 18.4 Å². The summed E-state index contributed by atoms with van der Waals surface area (Å²) in [6.07, 6.45) is 1.38. The van der Waals surface area contributed by atoms with Gasteiger partial charge >= 0.3 is 0 Å². The highest BCUT2D eigenvalue weighted by Crippen LogP contribution is 2.28. The van der Waals surface area contributed by atoms with Gasteiger partial charge in [0.15, 0.2) is 0 Å². The molecule has 0 aliphatic carbocycles. The van der Waals surface area contributed by atoms with Gasteiger partial charge in [-0.25, -0.2) is 13.4 Å². The molecule has 0 spiro atoms. The first-order chi connectivity index (χ1) is 13.4. The van der Waals surface area contributed by atoms with Crippen LogP contribution in [0.2, 0.25) is 0 Å². The Balaban J connectivity index is 1.40. The number of aromatic nitrogens is 1. The summed E-state index contributed by atoms with van der Waals surface area (Å²) in [5.74, 6) is -0.444. The first kappa shape index (κ1) is 19.5. The Morgan fingerprint density at radius 3 is 2.82 bits per heavy atom. The molecule has 3 heterocycles.